The Hall–Kier alpha value is -2.41. The van der Waals surface area contributed by atoms with Crippen LogP contribution >= 0.6 is 0 Å². The maximum absolute atomic E-state index is 13.1. The number of benzene rings is 1. The molecule has 190 valence electrons. The number of nitrogens with two attached hydrogens (primary N) is 1. The third-order valence-corrected chi connectivity index (χ3v) is 6.53. The number of esters is 1. The molecular formula is C27H42N2O5. The predicted octanol–water partition coefficient (Wildman–Crippen LogP) is 5.10. The minimum atomic E-state index is -0.949. The second-order valence-corrected chi connectivity index (χ2v) is 11.4. The fraction of sp³-hybridized carbons (Fsp3) is 0.667. The Morgan fingerprint density at radius 2 is 1.56 bits per heavy atom. The summed E-state index contributed by atoms with van der Waals surface area (Å²) in [6.45, 7) is 12.9. The highest BCUT2D eigenvalue weighted by Crippen LogP contribution is 2.39. The molecule has 1 fully saturated rings. The molecule has 7 nitrogen and oxygen atoms in total. The molecule has 1 saturated carbocycles. The lowest BCUT2D eigenvalue weighted by Crippen LogP contribution is -2.45. The van der Waals surface area contributed by atoms with Gasteiger partial charge < -0.3 is 20.1 Å². The number of hydrogen-bond acceptors (Lipinski definition) is 6. The van der Waals surface area contributed by atoms with Gasteiger partial charge >= 0.3 is 12.1 Å². The van der Waals surface area contributed by atoms with Crippen LogP contribution in [0.4, 0.5) is 4.79 Å². The molecule has 1 amide bonds. The summed E-state index contributed by atoms with van der Waals surface area (Å²) in [5.41, 5.74) is 6.88. The number of nitrogens with zero attached hydrogens (tertiary/aromatic N) is 1. The van der Waals surface area contributed by atoms with Gasteiger partial charge in [-0.1, -0.05) is 45.0 Å². The van der Waals surface area contributed by atoms with Gasteiger partial charge in [-0.2, -0.15) is 0 Å². The summed E-state index contributed by atoms with van der Waals surface area (Å²) in [5.74, 6) is -0.197. The van der Waals surface area contributed by atoms with Crippen molar-refractivity contribution < 1.29 is 23.9 Å². The smallest absolute Gasteiger partial charge is 0.410 e. The Morgan fingerprint density at radius 1 is 1.00 bits per heavy atom. The lowest BCUT2D eigenvalue weighted by Gasteiger charge is -2.41. The van der Waals surface area contributed by atoms with Crippen LogP contribution in [0.5, 0.6) is 0 Å². The Kier molecular flexibility index (Phi) is 9.29. The quantitative estimate of drug-likeness (QED) is 0.436. The van der Waals surface area contributed by atoms with E-state index in [-0.39, 0.29) is 29.8 Å². The Bertz CT molecular complexity index is 843. The van der Waals surface area contributed by atoms with Crippen molar-refractivity contribution in [1.82, 2.24) is 4.90 Å². The van der Waals surface area contributed by atoms with Gasteiger partial charge in [0.1, 0.15) is 5.60 Å². The molecule has 2 N–H and O–H groups in total. The monoisotopic (exact) mass is 474 g/mol. The lowest BCUT2D eigenvalue weighted by atomic mass is 9.71. The van der Waals surface area contributed by atoms with E-state index >= 15 is 0 Å². The maximum atomic E-state index is 13.1. The molecule has 1 unspecified atom stereocenters. The van der Waals surface area contributed by atoms with Crippen LogP contribution < -0.4 is 5.73 Å². The normalized spacial score (nSPS) is 19.8. The summed E-state index contributed by atoms with van der Waals surface area (Å²) in [7, 11) is 1.26. The molecule has 0 aliphatic heterocycles. The van der Waals surface area contributed by atoms with E-state index in [4.69, 9.17) is 10.5 Å². The van der Waals surface area contributed by atoms with Crippen LogP contribution in [0.25, 0.3) is 0 Å². The van der Waals surface area contributed by atoms with Crippen molar-refractivity contribution in [2.24, 2.45) is 17.1 Å². The van der Waals surface area contributed by atoms with Gasteiger partial charge in [0.25, 0.3) is 0 Å². The van der Waals surface area contributed by atoms with E-state index in [0.29, 0.717) is 18.0 Å². The zero-order chi connectivity index (χ0) is 25.7. The first-order valence-corrected chi connectivity index (χ1v) is 12.2. The number of carbonyl (C=O) groups excluding carboxylic acids is 3. The number of amides is 1. The molecule has 0 saturated heterocycles. The molecule has 1 aliphatic rings. The molecule has 0 heterocycles. The Balaban J connectivity index is 2.14. The maximum Gasteiger partial charge on any atom is 0.410 e. The summed E-state index contributed by atoms with van der Waals surface area (Å²) in [5, 5.41) is 0. The molecular weight excluding hydrogens is 432 g/mol. The lowest BCUT2D eigenvalue weighted by molar-refractivity contribution is -0.140. The van der Waals surface area contributed by atoms with Crippen molar-refractivity contribution in [3.05, 3.63) is 35.4 Å². The van der Waals surface area contributed by atoms with Crippen molar-refractivity contribution >= 4 is 17.8 Å². The van der Waals surface area contributed by atoms with Crippen LogP contribution in [0.3, 0.4) is 0 Å². The Labute approximate surface area is 204 Å². The van der Waals surface area contributed by atoms with Gasteiger partial charge in [0.15, 0.2) is 5.78 Å². The van der Waals surface area contributed by atoms with E-state index in [1.807, 2.05) is 37.8 Å². The largest absolute Gasteiger partial charge is 0.469 e. The van der Waals surface area contributed by atoms with Crippen molar-refractivity contribution in [3.8, 4) is 0 Å². The standard InChI is InChI=1S/C27H42N2O5/c1-26(2,3)20-12-14-21(15-13-20)29(25(32)34-27(4,5)6)17-18-8-10-19(11-9-18)24(31)22(28)16-23(30)33-7/h8-11,20-22H,12-17,28H2,1-7H3. The Morgan fingerprint density at radius 3 is 2.03 bits per heavy atom. The fourth-order valence-corrected chi connectivity index (χ4v) is 4.46. The molecule has 1 aromatic carbocycles. The van der Waals surface area contributed by atoms with Crippen molar-refractivity contribution in [1.29, 1.82) is 0 Å². The number of methoxy groups -OCH3 is 1. The van der Waals surface area contributed by atoms with Crippen molar-refractivity contribution in [2.45, 2.75) is 97.9 Å². The number of ketones is 1. The summed E-state index contributed by atoms with van der Waals surface area (Å²) >= 11 is 0. The third kappa shape index (κ3) is 8.12. The van der Waals surface area contributed by atoms with E-state index in [1.165, 1.54) is 7.11 Å². The van der Waals surface area contributed by atoms with Crippen LogP contribution in [0.2, 0.25) is 0 Å². The van der Waals surface area contributed by atoms with Gasteiger partial charge in [-0.05, 0) is 63.4 Å². The zero-order valence-corrected chi connectivity index (χ0v) is 21.8. The van der Waals surface area contributed by atoms with Crippen LogP contribution in [-0.4, -0.2) is 47.5 Å². The highest BCUT2D eigenvalue weighted by molar-refractivity contribution is 6.01. The van der Waals surface area contributed by atoms with Crippen LogP contribution in [0, 0.1) is 11.3 Å². The summed E-state index contributed by atoms with van der Waals surface area (Å²) in [4.78, 5) is 38.9. The predicted molar refractivity (Wildman–Crippen MR) is 132 cm³/mol. The van der Waals surface area contributed by atoms with Crippen LogP contribution in [-0.2, 0) is 20.8 Å². The van der Waals surface area contributed by atoms with E-state index in [0.717, 1.165) is 31.2 Å². The topological polar surface area (TPSA) is 98.9 Å². The number of rotatable bonds is 7. The molecule has 0 radical (unpaired) electrons. The number of hydrogen-bond donors (Lipinski definition) is 1. The van der Waals surface area contributed by atoms with E-state index in [9.17, 15) is 14.4 Å². The average molecular weight is 475 g/mol. The molecule has 1 atom stereocenters. The molecule has 1 aromatic rings. The first-order valence-electron chi connectivity index (χ1n) is 12.2. The van der Waals surface area contributed by atoms with Gasteiger partial charge in [-0.25, -0.2) is 4.79 Å². The average Bonchev–Trinajstić information content (AvgIpc) is 2.75. The van der Waals surface area contributed by atoms with Crippen LogP contribution in [0.1, 0.15) is 89.6 Å². The van der Waals surface area contributed by atoms with Gasteiger partial charge in [0, 0.05) is 18.2 Å². The van der Waals surface area contributed by atoms with Crippen molar-refractivity contribution in [3.63, 3.8) is 0 Å². The third-order valence-electron chi connectivity index (χ3n) is 6.53. The zero-order valence-electron chi connectivity index (χ0n) is 21.8. The molecule has 7 heteroatoms. The molecule has 1 aliphatic carbocycles. The van der Waals surface area contributed by atoms with E-state index in [1.54, 1.807) is 12.1 Å². The number of carbonyl (C=O) groups is 3. The van der Waals surface area contributed by atoms with E-state index < -0.39 is 17.6 Å². The number of ether oxygens (including phenoxy) is 2. The number of Topliss-reactive ketones (excluding diaryl/α,β-unsaturated/α-hetero) is 1. The van der Waals surface area contributed by atoms with Gasteiger partial charge in [-0.3, -0.25) is 9.59 Å². The van der Waals surface area contributed by atoms with Gasteiger partial charge in [0.2, 0.25) is 0 Å². The van der Waals surface area contributed by atoms with Gasteiger partial charge in [-0.15, -0.1) is 0 Å². The summed E-state index contributed by atoms with van der Waals surface area (Å²) in [6, 6.07) is 6.21. The van der Waals surface area contributed by atoms with Gasteiger partial charge in [0.05, 0.1) is 19.6 Å². The minimum absolute atomic E-state index is 0.114. The second-order valence-electron chi connectivity index (χ2n) is 11.4. The SMILES string of the molecule is COC(=O)CC(N)C(=O)c1ccc(CN(C(=O)OC(C)(C)C)C2CCC(C(C)(C)C)CC2)cc1. The fourth-order valence-electron chi connectivity index (χ4n) is 4.46. The first-order chi connectivity index (χ1) is 15.7. The second kappa shape index (κ2) is 11.3. The highest BCUT2D eigenvalue weighted by Gasteiger charge is 2.35. The first kappa shape index (κ1) is 27.8. The molecule has 34 heavy (non-hydrogen) atoms. The molecule has 0 spiro atoms. The molecule has 0 aromatic heterocycles. The highest BCUT2D eigenvalue weighted by atomic mass is 16.6. The molecule has 0 bridgehead atoms. The molecule has 2 rings (SSSR count). The summed E-state index contributed by atoms with van der Waals surface area (Å²) < 4.78 is 10.3. The minimum Gasteiger partial charge on any atom is -0.469 e. The summed E-state index contributed by atoms with van der Waals surface area (Å²) in [6.07, 6.45) is 3.57. The van der Waals surface area contributed by atoms with Crippen LogP contribution in [0.15, 0.2) is 24.3 Å². The van der Waals surface area contributed by atoms with E-state index in [2.05, 4.69) is 25.5 Å². The van der Waals surface area contributed by atoms with Crippen molar-refractivity contribution in [2.75, 3.05) is 7.11 Å².